The van der Waals surface area contributed by atoms with Crippen molar-refractivity contribution in [2.45, 2.75) is 26.7 Å². The van der Waals surface area contributed by atoms with Gasteiger partial charge in [0.1, 0.15) is 0 Å². The van der Waals surface area contributed by atoms with Crippen molar-refractivity contribution in [3.05, 3.63) is 71.3 Å². The molecule has 0 heterocycles. The van der Waals surface area contributed by atoms with E-state index in [1.165, 1.54) is 6.08 Å². The van der Waals surface area contributed by atoms with Gasteiger partial charge >= 0.3 is 5.97 Å². The summed E-state index contributed by atoms with van der Waals surface area (Å²) in [5.74, 6) is -0.664. The Morgan fingerprint density at radius 3 is 2.26 bits per heavy atom. The number of amides is 1. The number of ether oxygens (including phenoxy) is 1. The summed E-state index contributed by atoms with van der Waals surface area (Å²) in [5.41, 5.74) is 3.16. The number of ketones is 1. The first-order valence-corrected chi connectivity index (χ1v) is 8.82. The summed E-state index contributed by atoms with van der Waals surface area (Å²) in [6, 6.07) is 14.4. The number of hydrogen-bond donors (Lipinski definition) is 1. The van der Waals surface area contributed by atoms with E-state index in [9.17, 15) is 14.4 Å². The molecule has 0 aliphatic carbocycles. The highest BCUT2D eigenvalue weighted by Gasteiger charge is 2.09. The second-order valence-corrected chi connectivity index (χ2v) is 6.04. The van der Waals surface area contributed by atoms with Crippen molar-refractivity contribution in [2.75, 3.05) is 11.9 Å². The van der Waals surface area contributed by atoms with E-state index in [-0.39, 0.29) is 24.5 Å². The number of benzene rings is 2. The van der Waals surface area contributed by atoms with Gasteiger partial charge in [0.25, 0.3) is 0 Å². The third-order valence-corrected chi connectivity index (χ3v) is 3.85. The zero-order valence-electron chi connectivity index (χ0n) is 15.5. The predicted octanol–water partition coefficient (Wildman–Crippen LogP) is 4.17. The molecule has 0 aliphatic heterocycles. The average Bonchev–Trinajstić information content (AvgIpc) is 2.66. The third-order valence-electron chi connectivity index (χ3n) is 3.85. The van der Waals surface area contributed by atoms with Crippen molar-refractivity contribution < 1.29 is 19.1 Å². The lowest BCUT2D eigenvalue weighted by atomic mass is 10.0. The zero-order valence-corrected chi connectivity index (χ0v) is 15.5. The molecule has 0 radical (unpaired) electrons. The van der Waals surface area contributed by atoms with Crippen LogP contribution in [-0.4, -0.2) is 24.3 Å². The highest BCUT2D eigenvalue weighted by atomic mass is 16.5. The van der Waals surface area contributed by atoms with E-state index in [2.05, 4.69) is 5.32 Å². The van der Waals surface area contributed by atoms with Crippen LogP contribution in [-0.2, 0) is 14.3 Å². The molecule has 5 heteroatoms. The minimum Gasteiger partial charge on any atom is -0.463 e. The zero-order chi connectivity index (χ0) is 19.6. The predicted molar refractivity (Wildman–Crippen MR) is 105 cm³/mol. The van der Waals surface area contributed by atoms with Crippen LogP contribution in [0.2, 0.25) is 0 Å². The van der Waals surface area contributed by atoms with E-state index in [0.29, 0.717) is 17.9 Å². The molecule has 0 saturated heterocycles. The van der Waals surface area contributed by atoms with E-state index < -0.39 is 5.97 Å². The van der Waals surface area contributed by atoms with Crippen LogP contribution in [0, 0.1) is 6.92 Å². The average molecular weight is 365 g/mol. The number of rotatable bonds is 8. The molecular formula is C22H23NO4. The number of Topliss-reactive ketones (excluding diaryl/α,β-unsaturated/α-hetero) is 1. The molecule has 0 atom stereocenters. The van der Waals surface area contributed by atoms with E-state index in [1.54, 1.807) is 49.4 Å². The minimum absolute atomic E-state index is 0.0513. The van der Waals surface area contributed by atoms with Crippen LogP contribution in [0.4, 0.5) is 5.69 Å². The van der Waals surface area contributed by atoms with Gasteiger partial charge in [-0.25, -0.2) is 4.79 Å². The second-order valence-electron chi connectivity index (χ2n) is 6.04. The van der Waals surface area contributed by atoms with Gasteiger partial charge in [-0.05, 0) is 37.6 Å². The SMILES string of the molecule is CCOC(=O)/C=C/c1ccc(NC(=O)CCC(=O)c2ccc(C)cc2)cc1. The number of hydrogen-bond acceptors (Lipinski definition) is 4. The molecule has 5 nitrogen and oxygen atoms in total. The fraction of sp³-hybridized carbons (Fsp3) is 0.227. The molecule has 0 unspecified atom stereocenters. The van der Waals surface area contributed by atoms with Crippen LogP contribution in [0.15, 0.2) is 54.6 Å². The summed E-state index contributed by atoms with van der Waals surface area (Å²) in [6.07, 6.45) is 3.28. The van der Waals surface area contributed by atoms with Gasteiger partial charge in [0.15, 0.2) is 5.78 Å². The molecule has 0 bridgehead atoms. The minimum atomic E-state index is -0.395. The lowest BCUT2D eigenvalue weighted by Crippen LogP contribution is -2.13. The monoisotopic (exact) mass is 365 g/mol. The molecule has 27 heavy (non-hydrogen) atoms. The number of aryl methyl sites for hydroxylation is 1. The fourth-order valence-electron chi connectivity index (χ4n) is 2.37. The first-order chi connectivity index (χ1) is 13.0. The quantitative estimate of drug-likeness (QED) is 0.433. The summed E-state index contributed by atoms with van der Waals surface area (Å²) in [5, 5.41) is 2.76. The Balaban J connectivity index is 1.82. The van der Waals surface area contributed by atoms with Crippen LogP contribution in [0.5, 0.6) is 0 Å². The van der Waals surface area contributed by atoms with Crippen LogP contribution in [0.1, 0.15) is 41.3 Å². The van der Waals surface area contributed by atoms with Gasteiger partial charge in [-0.2, -0.15) is 0 Å². The largest absolute Gasteiger partial charge is 0.463 e. The first kappa shape index (κ1) is 20.1. The van der Waals surface area contributed by atoms with E-state index in [4.69, 9.17) is 4.74 Å². The van der Waals surface area contributed by atoms with Gasteiger partial charge < -0.3 is 10.1 Å². The molecule has 2 aromatic carbocycles. The number of esters is 1. The van der Waals surface area contributed by atoms with E-state index in [1.807, 2.05) is 19.1 Å². The summed E-state index contributed by atoms with van der Waals surface area (Å²) >= 11 is 0. The standard InChI is InChI=1S/C22H23NO4/c1-3-27-22(26)15-8-17-6-11-19(12-7-17)23-21(25)14-13-20(24)18-9-4-16(2)5-10-18/h4-12,15H,3,13-14H2,1-2H3,(H,23,25)/b15-8+. The topological polar surface area (TPSA) is 72.5 Å². The fourth-order valence-corrected chi connectivity index (χ4v) is 2.37. The molecule has 2 rings (SSSR count). The van der Waals surface area contributed by atoms with Crippen LogP contribution in [0.25, 0.3) is 6.08 Å². The number of carbonyl (C=O) groups excluding carboxylic acids is 3. The number of carbonyl (C=O) groups is 3. The van der Waals surface area contributed by atoms with E-state index in [0.717, 1.165) is 11.1 Å². The Labute approximate surface area is 159 Å². The lowest BCUT2D eigenvalue weighted by Gasteiger charge is -2.06. The molecule has 2 aromatic rings. The maximum Gasteiger partial charge on any atom is 0.330 e. The Kier molecular flexibility index (Phi) is 7.49. The van der Waals surface area contributed by atoms with Crippen molar-refractivity contribution in [1.82, 2.24) is 0 Å². The summed E-state index contributed by atoms with van der Waals surface area (Å²) < 4.78 is 4.81. The van der Waals surface area contributed by atoms with Crippen LogP contribution >= 0.6 is 0 Å². The molecule has 1 N–H and O–H groups in total. The van der Waals surface area contributed by atoms with Crippen molar-refractivity contribution in [3.63, 3.8) is 0 Å². The van der Waals surface area contributed by atoms with Gasteiger partial charge in [0, 0.05) is 30.2 Å². The van der Waals surface area contributed by atoms with Crippen LogP contribution < -0.4 is 5.32 Å². The Bertz CT molecular complexity index is 820. The smallest absolute Gasteiger partial charge is 0.330 e. The molecule has 0 aromatic heterocycles. The molecule has 140 valence electrons. The number of anilines is 1. The molecular weight excluding hydrogens is 342 g/mol. The Morgan fingerprint density at radius 2 is 1.63 bits per heavy atom. The molecule has 0 fully saturated rings. The highest BCUT2D eigenvalue weighted by Crippen LogP contribution is 2.13. The van der Waals surface area contributed by atoms with Crippen LogP contribution in [0.3, 0.4) is 0 Å². The normalized spacial score (nSPS) is 10.6. The van der Waals surface area contributed by atoms with Crippen molar-refractivity contribution in [2.24, 2.45) is 0 Å². The Morgan fingerprint density at radius 1 is 0.963 bits per heavy atom. The molecule has 1 amide bonds. The molecule has 0 aliphatic rings. The second kappa shape index (κ2) is 10.1. The Hall–Kier alpha value is -3.21. The van der Waals surface area contributed by atoms with Crippen molar-refractivity contribution in [3.8, 4) is 0 Å². The maximum absolute atomic E-state index is 12.1. The van der Waals surface area contributed by atoms with Gasteiger partial charge in [-0.3, -0.25) is 9.59 Å². The summed E-state index contributed by atoms with van der Waals surface area (Å²) in [7, 11) is 0. The van der Waals surface area contributed by atoms with Gasteiger partial charge in [0.05, 0.1) is 6.61 Å². The summed E-state index contributed by atoms with van der Waals surface area (Å²) in [6.45, 7) is 4.04. The van der Waals surface area contributed by atoms with E-state index >= 15 is 0 Å². The molecule has 0 saturated carbocycles. The van der Waals surface area contributed by atoms with Gasteiger partial charge in [-0.1, -0.05) is 42.0 Å². The van der Waals surface area contributed by atoms with Crippen molar-refractivity contribution >= 4 is 29.4 Å². The summed E-state index contributed by atoms with van der Waals surface area (Å²) in [4.78, 5) is 35.4. The number of nitrogens with one attached hydrogen (secondary N) is 1. The van der Waals surface area contributed by atoms with Crippen molar-refractivity contribution in [1.29, 1.82) is 0 Å². The third kappa shape index (κ3) is 6.90. The molecule has 0 spiro atoms. The highest BCUT2D eigenvalue weighted by molar-refractivity contribution is 6.00. The van der Waals surface area contributed by atoms with Gasteiger partial charge in [-0.15, -0.1) is 0 Å². The van der Waals surface area contributed by atoms with Gasteiger partial charge in [0.2, 0.25) is 5.91 Å². The maximum atomic E-state index is 12.1. The first-order valence-electron chi connectivity index (χ1n) is 8.82. The lowest BCUT2D eigenvalue weighted by molar-refractivity contribution is -0.137.